The number of thiocarbonyl (C=S) groups is 1. The van der Waals surface area contributed by atoms with Crippen LogP contribution in [0.2, 0.25) is 0 Å². The minimum Gasteiger partial charge on any atom is -0.228 e. The molecule has 0 saturated carbocycles. The van der Waals surface area contributed by atoms with Crippen molar-refractivity contribution in [1.82, 2.24) is 0 Å². The minimum absolute atomic E-state index is 0.319. The number of nitriles is 1. The van der Waals surface area contributed by atoms with Crippen LogP contribution >= 0.6 is 31.9 Å². The van der Waals surface area contributed by atoms with Crippen LogP contribution in [0.3, 0.4) is 0 Å². The molecule has 420 valence electrons. The number of hydrogen-bond donors (Lipinski definition) is 0. The second kappa shape index (κ2) is 33.2. The summed E-state index contributed by atoms with van der Waals surface area (Å²) in [7, 11) is -0.446. The van der Waals surface area contributed by atoms with E-state index in [0.29, 0.717) is 25.4 Å². The third-order valence-corrected chi connectivity index (χ3v) is 17.2. The molecule has 11 rings (SSSR count). The van der Waals surface area contributed by atoms with Gasteiger partial charge in [-0.3, -0.25) is 0 Å². The van der Waals surface area contributed by atoms with E-state index in [0.717, 1.165) is 89.1 Å². The lowest BCUT2D eigenvalue weighted by atomic mass is 9.85. The van der Waals surface area contributed by atoms with Crippen molar-refractivity contribution < 1.29 is 0 Å². The Kier molecular flexibility index (Phi) is 23.3. The van der Waals surface area contributed by atoms with Gasteiger partial charge in [-0.2, -0.15) is 5.26 Å². The quantitative estimate of drug-likeness (QED) is 0.0117. The monoisotopic (exact) mass is 1180 g/mol. The van der Waals surface area contributed by atoms with Crippen LogP contribution in [0.25, 0.3) is 43.2 Å². The van der Waals surface area contributed by atoms with Gasteiger partial charge >= 0.3 is 0 Å². The Morgan fingerprint density at radius 3 is 0.839 bits per heavy atom. The van der Waals surface area contributed by atoms with Gasteiger partial charge in [0.1, 0.15) is 5.40 Å². The van der Waals surface area contributed by atoms with Crippen molar-refractivity contribution in [3.05, 3.63) is 397 Å². The molecule has 0 amide bonds. The maximum absolute atomic E-state index is 8.90. The van der Waals surface area contributed by atoms with Crippen molar-refractivity contribution in [3.8, 4) is 5.40 Å². The predicted molar refractivity (Wildman–Crippen MR) is 368 cm³/mol. The second-order valence-corrected chi connectivity index (χ2v) is 22.8. The third kappa shape index (κ3) is 17.4. The number of thiocyanates is 1. The lowest BCUT2D eigenvalue weighted by Crippen LogP contribution is -2.20. The van der Waals surface area contributed by atoms with Gasteiger partial charge in [0, 0.05) is 15.6 Å². The van der Waals surface area contributed by atoms with Gasteiger partial charge in [0.25, 0.3) is 0 Å². The van der Waals surface area contributed by atoms with E-state index in [9.17, 15) is 0 Å². The molecule has 87 heavy (non-hydrogen) atoms. The number of isothiocyanates is 1. The zero-order valence-electron chi connectivity index (χ0n) is 47.6. The second-order valence-electron chi connectivity index (χ2n) is 19.7. The van der Waals surface area contributed by atoms with Gasteiger partial charge in [-0.05, 0) is 148 Å². The molecule has 0 radical (unpaired) electrons. The standard InChI is InChI=1S/C30H22N2S2.C28H22N6.C18H15P/c31-21-34-20-24-13-17-28(18-14-24)30(26-9-5-2-6-10-26)29(25-7-3-1-4-8-25)27-15-11-23(12-16-27)19-32-22-33;29-33-31-19-21-11-15-25(16-12-21)27(23-7-3-1-4-8-23)28(24-9-5-2-6-10-24)26-17-13-22(14-18-26)20-32-34-30;1-4-10-16(11-5-1)19(17-12-6-2-7-13-17)18-14-8-3-9-15-18/h2*1-18H,19-20H2;1-15H. The molecule has 0 bridgehead atoms. The fraction of sp³-hybridized carbons (Fsp3) is 0.0526. The number of nitrogens with zero attached hydrogens (tertiary/aromatic N) is 8. The lowest BCUT2D eigenvalue weighted by Gasteiger charge is -2.18. The van der Waals surface area contributed by atoms with E-state index in [1.54, 1.807) is 0 Å². The van der Waals surface area contributed by atoms with Crippen molar-refractivity contribution in [3.63, 3.8) is 0 Å². The fourth-order valence-electron chi connectivity index (χ4n) is 9.98. The van der Waals surface area contributed by atoms with Crippen LogP contribution < -0.4 is 15.9 Å². The van der Waals surface area contributed by atoms with Crippen molar-refractivity contribution in [1.29, 1.82) is 5.26 Å². The molecule has 0 atom stereocenters. The molecule has 0 aliphatic rings. The maximum atomic E-state index is 8.90. The topological polar surface area (TPSA) is 134 Å². The zero-order chi connectivity index (χ0) is 60.1. The van der Waals surface area contributed by atoms with E-state index >= 15 is 0 Å². The average Bonchev–Trinajstić information content (AvgIpc) is 3.13. The summed E-state index contributed by atoms with van der Waals surface area (Å²) in [5.41, 5.74) is 34.8. The van der Waals surface area contributed by atoms with Crippen LogP contribution in [0.5, 0.6) is 0 Å². The number of aliphatic imine (C=N–C) groups is 1. The SMILES string of the molecule is N#CSCc1ccc(C(=C(c2ccccc2)c2ccc(CN=C=S)cc2)c2ccccc2)cc1.[N-]=[N+]=NCc1ccc(C(=C(c2ccccc2)c2ccc(CN=[N+]=[N-])cc2)c2ccccc2)cc1.c1ccc(P(c2ccccc2)c2ccccc2)cc1. The highest BCUT2D eigenvalue weighted by Crippen LogP contribution is 2.39. The first kappa shape index (κ1) is 61.2. The molecule has 11 aromatic rings. The maximum Gasteiger partial charge on any atom is 0.133 e. The molecule has 11 aromatic carbocycles. The molecule has 0 aliphatic carbocycles. The van der Waals surface area contributed by atoms with E-state index in [1.165, 1.54) is 27.7 Å². The zero-order valence-corrected chi connectivity index (χ0v) is 50.1. The highest BCUT2D eigenvalue weighted by molar-refractivity contribution is 8.02. The summed E-state index contributed by atoms with van der Waals surface area (Å²) in [6, 6.07) is 107. The largest absolute Gasteiger partial charge is 0.228 e. The summed E-state index contributed by atoms with van der Waals surface area (Å²) in [5.74, 6) is 0.679. The molecule has 0 aliphatic heterocycles. The Morgan fingerprint density at radius 1 is 0.345 bits per heavy atom. The van der Waals surface area contributed by atoms with Crippen LogP contribution in [0.15, 0.2) is 325 Å². The smallest absolute Gasteiger partial charge is 0.133 e. The Bertz CT molecular complexity index is 3990. The van der Waals surface area contributed by atoms with Crippen LogP contribution in [0.1, 0.15) is 66.8 Å². The fourth-order valence-corrected chi connectivity index (χ4v) is 12.8. The van der Waals surface area contributed by atoms with Gasteiger partial charge in [-0.1, -0.05) is 320 Å². The number of hydrogen-bond acceptors (Lipinski definition) is 6. The van der Waals surface area contributed by atoms with Gasteiger partial charge in [-0.25, -0.2) is 4.99 Å². The Hall–Kier alpha value is -10.4. The molecule has 0 unspecified atom stereocenters. The first-order chi connectivity index (χ1) is 43.0. The number of azide groups is 2. The van der Waals surface area contributed by atoms with Crippen LogP contribution in [0, 0.1) is 10.7 Å². The van der Waals surface area contributed by atoms with Gasteiger partial charge in [0.15, 0.2) is 0 Å². The van der Waals surface area contributed by atoms with E-state index < -0.39 is 7.92 Å². The van der Waals surface area contributed by atoms with E-state index in [-0.39, 0.29) is 0 Å². The molecule has 0 spiro atoms. The Balaban J connectivity index is 0.000000162. The van der Waals surface area contributed by atoms with Crippen LogP contribution in [-0.2, 0) is 25.4 Å². The number of rotatable bonds is 19. The highest BCUT2D eigenvalue weighted by atomic mass is 32.2. The molecule has 0 N–H and O–H groups in total. The first-order valence-electron chi connectivity index (χ1n) is 28.1. The molecule has 11 heteroatoms. The average molecular weight is 1180 g/mol. The normalized spacial score (nSPS) is 11.0. The predicted octanol–water partition coefficient (Wildman–Crippen LogP) is 19.8. The summed E-state index contributed by atoms with van der Waals surface area (Å²) in [6.45, 7) is 1.17. The molecule has 8 nitrogen and oxygen atoms in total. The van der Waals surface area contributed by atoms with Crippen molar-refractivity contribution in [2.24, 2.45) is 15.2 Å². The Labute approximate surface area is 520 Å². The summed E-state index contributed by atoms with van der Waals surface area (Å²) >= 11 is 5.97. The van der Waals surface area contributed by atoms with Crippen molar-refractivity contribution >= 4 is 75.3 Å². The lowest BCUT2D eigenvalue weighted by molar-refractivity contribution is 1.05. The minimum atomic E-state index is -0.446. The molecule has 0 aromatic heterocycles. The van der Waals surface area contributed by atoms with Gasteiger partial charge < -0.3 is 0 Å². The number of benzene rings is 11. The van der Waals surface area contributed by atoms with Crippen LogP contribution in [-0.4, -0.2) is 5.16 Å². The first-order valence-corrected chi connectivity index (χ1v) is 30.9. The Morgan fingerprint density at radius 2 is 0.586 bits per heavy atom. The summed E-state index contributed by atoms with van der Waals surface area (Å²) < 4.78 is 0. The van der Waals surface area contributed by atoms with Gasteiger partial charge in [0.2, 0.25) is 0 Å². The highest BCUT2D eigenvalue weighted by Gasteiger charge is 2.19. The van der Waals surface area contributed by atoms with Crippen molar-refractivity contribution in [2.75, 3.05) is 0 Å². The molecule has 0 saturated heterocycles. The van der Waals surface area contributed by atoms with Gasteiger partial charge in [0.05, 0.1) is 24.8 Å². The van der Waals surface area contributed by atoms with Gasteiger partial charge in [-0.15, -0.1) is 0 Å². The number of thioether (sulfide) groups is 1. The van der Waals surface area contributed by atoms with E-state index in [1.807, 2.05) is 72.8 Å². The molecule has 0 fully saturated rings. The van der Waals surface area contributed by atoms with Crippen molar-refractivity contribution in [2.45, 2.75) is 25.4 Å². The summed E-state index contributed by atoms with van der Waals surface area (Å²) in [5, 5.41) is 25.0. The molecule has 0 heterocycles. The summed E-state index contributed by atoms with van der Waals surface area (Å²) in [6.07, 6.45) is 0. The third-order valence-electron chi connectivity index (χ3n) is 14.0. The summed E-state index contributed by atoms with van der Waals surface area (Å²) in [4.78, 5) is 9.78. The van der Waals surface area contributed by atoms with E-state index in [4.69, 9.17) is 28.5 Å². The van der Waals surface area contributed by atoms with Crippen LogP contribution in [0.4, 0.5) is 0 Å². The molecular formula is C76H59N8PS2. The van der Waals surface area contributed by atoms with E-state index in [2.05, 4.69) is 272 Å². The molecular weight excluding hydrogens is 1120 g/mol.